The fraction of sp³-hybridized carbons (Fsp3) is 0.778. The Kier molecular flexibility index (Phi) is 8.33. The third-order valence-corrected chi connectivity index (χ3v) is 1.97. The number of nitrogens with zero attached hydrogens (tertiary/aromatic N) is 1. The van der Waals surface area contributed by atoms with Gasteiger partial charge in [0.05, 0.1) is 6.61 Å². The number of carbonyl (C=O) groups excluding carboxylic acids is 1. The van der Waals surface area contributed by atoms with E-state index in [-0.39, 0.29) is 0 Å². The van der Waals surface area contributed by atoms with E-state index in [4.69, 9.17) is 21.5 Å². The highest BCUT2D eigenvalue weighted by molar-refractivity contribution is 6.81. The van der Waals surface area contributed by atoms with Crippen LogP contribution in [-0.2, 0) is 9.53 Å². The van der Waals surface area contributed by atoms with Gasteiger partial charge in [-0.15, -0.1) is 0 Å². The van der Waals surface area contributed by atoms with Gasteiger partial charge in [-0.25, -0.2) is 4.79 Å². The molecule has 14 heavy (non-hydrogen) atoms. The van der Waals surface area contributed by atoms with Crippen molar-refractivity contribution in [2.45, 2.75) is 39.0 Å². The van der Waals surface area contributed by atoms with Crippen LogP contribution >= 0.6 is 11.6 Å². The molecule has 0 aliphatic carbocycles. The van der Waals surface area contributed by atoms with E-state index in [0.29, 0.717) is 6.61 Å². The molecule has 0 saturated heterocycles. The van der Waals surface area contributed by atoms with Crippen LogP contribution in [0.2, 0.25) is 0 Å². The average Bonchev–Trinajstić information content (AvgIpc) is 2.21. The van der Waals surface area contributed by atoms with Gasteiger partial charge in [0.2, 0.25) is 0 Å². The Balaban J connectivity index is 3.32. The summed E-state index contributed by atoms with van der Waals surface area (Å²) in [5, 5.41) is 10.1. The highest BCUT2D eigenvalue weighted by Gasteiger charge is 2.09. The lowest BCUT2D eigenvalue weighted by Gasteiger charge is -2.02. The molecule has 0 heterocycles. The molecule has 82 valence electrons. The number of halogens is 1. The second-order valence-electron chi connectivity index (χ2n) is 2.94. The Bertz CT molecular complexity index is 194. The highest BCUT2D eigenvalue weighted by Crippen LogP contribution is 2.02. The predicted molar refractivity (Wildman–Crippen MR) is 54.8 cm³/mol. The number of hydrogen-bond donors (Lipinski definition) is 1. The standard InChI is InChI=1S/C9H16ClNO3/c1-2-3-4-5-6-7-14-9(12)8(10)11-13/h13H,2-7H2,1H3. The van der Waals surface area contributed by atoms with Crippen LogP contribution in [0.25, 0.3) is 0 Å². The van der Waals surface area contributed by atoms with Crippen molar-refractivity contribution in [3.05, 3.63) is 0 Å². The molecule has 0 rings (SSSR count). The molecule has 0 aromatic carbocycles. The number of esters is 1. The summed E-state index contributed by atoms with van der Waals surface area (Å²) in [6.07, 6.45) is 5.39. The fourth-order valence-electron chi connectivity index (χ4n) is 0.971. The molecule has 0 amide bonds. The largest absolute Gasteiger partial charge is 0.460 e. The first-order valence-electron chi connectivity index (χ1n) is 4.77. The maximum absolute atomic E-state index is 10.8. The fourth-order valence-corrected chi connectivity index (χ4v) is 1.03. The quantitative estimate of drug-likeness (QED) is 0.236. The number of carbonyl (C=O) groups is 1. The first-order chi connectivity index (χ1) is 6.72. The SMILES string of the molecule is CCCCCCCOC(=O)C(Cl)=NO. The normalized spacial score (nSPS) is 11.4. The molecule has 0 bridgehead atoms. The minimum atomic E-state index is -0.773. The molecule has 0 aromatic heterocycles. The topological polar surface area (TPSA) is 58.9 Å². The number of unbranched alkanes of at least 4 members (excludes halogenated alkanes) is 4. The van der Waals surface area contributed by atoms with Gasteiger partial charge in [-0.05, 0) is 6.42 Å². The Labute approximate surface area is 88.9 Å². The van der Waals surface area contributed by atoms with E-state index >= 15 is 0 Å². The maximum atomic E-state index is 10.8. The molecule has 1 N–H and O–H groups in total. The molecule has 0 unspecified atom stereocenters. The molecule has 0 spiro atoms. The van der Waals surface area contributed by atoms with E-state index in [1.807, 2.05) is 0 Å². The van der Waals surface area contributed by atoms with Gasteiger partial charge >= 0.3 is 5.97 Å². The lowest BCUT2D eigenvalue weighted by Crippen LogP contribution is -2.12. The van der Waals surface area contributed by atoms with Gasteiger partial charge in [0.25, 0.3) is 5.17 Å². The van der Waals surface area contributed by atoms with Crippen molar-refractivity contribution < 1.29 is 14.7 Å². The smallest absolute Gasteiger partial charge is 0.372 e. The summed E-state index contributed by atoms with van der Waals surface area (Å²) < 4.78 is 4.71. The van der Waals surface area contributed by atoms with E-state index in [1.165, 1.54) is 12.8 Å². The van der Waals surface area contributed by atoms with Crippen molar-refractivity contribution in [1.29, 1.82) is 0 Å². The number of oxime groups is 1. The zero-order valence-electron chi connectivity index (χ0n) is 8.33. The zero-order chi connectivity index (χ0) is 10.8. The lowest BCUT2D eigenvalue weighted by molar-refractivity contribution is -0.135. The molecule has 0 aliphatic rings. The predicted octanol–water partition coefficient (Wildman–Crippen LogP) is 2.53. The molecular weight excluding hydrogens is 206 g/mol. The maximum Gasteiger partial charge on any atom is 0.372 e. The Morgan fingerprint density at radius 3 is 2.57 bits per heavy atom. The third-order valence-electron chi connectivity index (χ3n) is 1.74. The summed E-state index contributed by atoms with van der Waals surface area (Å²) in [6, 6.07) is 0. The molecule has 5 heteroatoms. The van der Waals surface area contributed by atoms with Crippen molar-refractivity contribution in [2.75, 3.05) is 6.61 Å². The number of hydrogen-bond acceptors (Lipinski definition) is 4. The van der Waals surface area contributed by atoms with E-state index in [1.54, 1.807) is 0 Å². The molecule has 0 saturated carbocycles. The minimum absolute atomic E-state index is 0.328. The van der Waals surface area contributed by atoms with Gasteiger partial charge < -0.3 is 9.94 Å². The van der Waals surface area contributed by atoms with E-state index in [0.717, 1.165) is 19.3 Å². The van der Waals surface area contributed by atoms with Gasteiger partial charge in [-0.3, -0.25) is 0 Å². The monoisotopic (exact) mass is 221 g/mol. The van der Waals surface area contributed by atoms with Gasteiger partial charge in [-0.1, -0.05) is 49.4 Å². The van der Waals surface area contributed by atoms with Crippen LogP contribution in [0.15, 0.2) is 5.16 Å². The second kappa shape index (κ2) is 8.81. The van der Waals surface area contributed by atoms with Crippen LogP contribution in [0.4, 0.5) is 0 Å². The van der Waals surface area contributed by atoms with Crippen LogP contribution in [0.5, 0.6) is 0 Å². The summed E-state index contributed by atoms with van der Waals surface area (Å²) in [6.45, 7) is 2.46. The van der Waals surface area contributed by atoms with Crippen LogP contribution in [-0.4, -0.2) is 23.0 Å². The van der Waals surface area contributed by atoms with Gasteiger partial charge in [0, 0.05) is 0 Å². The molecule has 0 aromatic rings. The van der Waals surface area contributed by atoms with Crippen LogP contribution in [0.3, 0.4) is 0 Å². The van der Waals surface area contributed by atoms with Crippen molar-refractivity contribution in [3.63, 3.8) is 0 Å². The van der Waals surface area contributed by atoms with Crippen LogP contribution < -0.4 is 0 Å². The van der Waals surface area contributed by atoms with Crippen molar-refractivity contribution in [1.82, 2.24) is 0 Å². The summed E-state index contributed by atoms with van der Waals surface area (Å²) in [5.74, 6) is -0.773. The Morgan fingerprint density at radius 1 is 1.36 bits per heavy atom. The molecule has 0 radical (unpaired) electrons. The third kappa shape index (κ3) is 6.71. The van der Waals surface area contributed by atoms with Crippen molar-refractivity contribution in [2.24, 2.45) is 5.16 Å². The summed E-state index contributed by atoms with van der Waals surface area (Å²) >= 11 is 5.20. The molecule has 4 nitrogen and oxygen atoms in total. The average molecular weight is 222 g/mol. The van der Waals surface area contributed by atoms with Gasteiger partial charge in [0.1, 0.15) is 0 Å². The van der Waals surface area contributed by atoms with Crippen LogP contribution in [0, 0.1) is 0 Å². The number of rotatable bonds is 7. The Hall–Kier alpha value is -0.770. The molecular formula is C9H16ClNO3. The summed E-state index contributed by atoms with van der Waals surface area (Å²) in [4.78, 5) is 10.8. The first-order valence-corrected chi connectivity index (χ1v) is 5.14. The van der Waals surface area contributed by atoms with E-state index in [2.05, 4.69) is 12.1 Å². The summed E-state index contributed by atoms with van der Waals surface area (Å²) in [5.41, 5.74) is 0. The van der Waals surface area contributed by atoms with Crippen molar-refractivity contribution >= 4 is 22.7 Å². The molecule has 0 atom stereocenters. The van der Waals surface area contributed by atoms with Crippen LogP contribution in [0.1, 0.15) is 39.0 Å². The zero-order valence-corrected chi connectivity index (χ0v) is 9.09. The molecule has 0 fully saturated rings. The molecule has 0 aliphatic heterocycles. The minimum Gasteiger partial charge on any atom is -0.460 e. The second-order valence-corrected chi connectivity index (χ2v) is 3.30. The highest BCUT2D eigenvalue weighted by atomic mass is 35.5. The lowest BCUT2D eigenvalue weighted by atomic mass is 10.2. The number of ether oxygens (including phenoxy) is 1. The first kappa shape index (κ1) is 13.2. The van der Waals surface area contributed by atoms with E-state index in [9.17, 15) is 4.79 Å². The van der Waals surface area contributed by atoms with E-state index < -0.39 is 11.1 Å². The van der Waals surface area contributed by atoms with Gasteiger partial charge in [-0.2, -0.15) is 0 Å². The van der Waals surface area contributed by atoms with Crippen molar-refractivity contribution in [3.8, 4) is 0 Å². The summed E-state index contributed by atoms with van der Waals surface area (Å²) in [7, 11) is 0. The van der Waals surface area contributed by atoms with Gasteiger partial charge in [0.15, 0.2) is 0 Å². The Morgan fingerprint density at radius 2 is 2.00 bits per heavy atom.